The highest BCUT2D eigenvalue weighted by molar-refractivity contribution is 7.89. The third-order valence-electron chi connectivity index (χ3n) is 4.21. The molecule has 0 aromatic rings. The smallest absolute Gasteiger partial charge is 0.214 e. The first-order chi connectivity index (χ1) is 9.46. The van der Waals surface area contributed by atoms with Gasteiger partial charge in [0.15, 0.2) is 0 Å². The molecule has 0 aromatic carbocycles. The summed E-state index contributed by atoms with van der Waals surface area (Å²) < 4.78 is 32.1. The van der Waals surface area contributed by atoms with E-state index in [1.54, 1.807) is 0 Å². The molecule has 1 aliphatic heterocycles. The van der Waals surface area contributed by atoms with Crippen LogP contribution in [0.1, 0.15) is 46.0 Å². The molecule has 2 fully saturated rings. The van der Waals surface area contributed by atoms with Gasteiger partial charge in [-0.3, -0.25) is 4.90 Å². The number of nitrogens with one attached hydrogen (secondary N) is 1. The fourth-order valence-electron chi connectivity index (χ4n) is 3.19. The van der Waals surface area contributed by atoms with Crippen molar-refractivity contribution in [1.82, 2.24) is 9.62 Å². The van der Waals surface area contributed by atoms with Crippen LogP contribution in [0.2, 0.25) is 0 Å². The molecule has 118 valence electrons. The van der Waals surface area contributed by atoms with Crippen LogP contribution < -0.4 is 4.72 Å². The maximum atomic E-state index is 12.0. The van der Waals surface area contributed by atoms with Crippen LogP contribution in [0.15, 0.2) is 0 Å². The fraction of sp³-hybridized carbons (Fsp3) is 1.00. The monoisotopic (exact) mass is 304 g/mol. The minimum Gasteiger partial charge on any atom is -0.378 e. The van der Waals surface area contributed by atoms with Gasteiger partial charge in [0.2, 0.25) is 10.0 Å². The molecule has 1 N–H and O–H groups in total. The average Bonchev–Trinajstić information content (AvgIpc) is 2.96. The topological polar surface area (TPSA) is 58.6 Å². The summed E-state index contributed by atoms with van der Waals surface area (Å²) in [6.07, 6.45) is 6.22. The molecular formula is C14H28N2O3S. The molecule has 1 atom stereocenters. The summed E-state index contributed by atoms with van der Waals surface area (Å²) in [7, 11) is -3.21. The van der Waals surface area contributed by atoms with Crippen molar-refractivity contribution in [3.8, 4) is 0 Å². The van der Waals surface area contributed by atoms with Crippen LogP contribution in [0.25, 0.3) is 0 Å². The van der Waals surface area contributed by atoms with Gasteiger partial charge >= 0.3 is 0 Å². The first-order valence-electron chi connectivity index (χ1n) is 7.82. The number of likely N-dealkylation sites (tertiary alicyclic amines) is 1. The first-order valence-corrected chi connectivity index (χ1v) is 9.47. The Balaban J connectivity index is 1.73. The molecule has 6 heteroatoms. The Morgan fingerprint density at radius 3 is 2.60 bits per heavy atom. The third-order valence-corrected chi connectivity index (χ3v) is 5.61. The van der Waals surface area contributed by atoms with Crippen molar-refractivity contribution in [1.29, 1.82) is 0 Å². The summed E-state index contributed by atoms with van der Waals surface area (Å²) in [6, 6.07) is 0.772. The average molecular weight is 304 g/mol. The predicted molar refractivity (Wildman–Crippen MR) is 80.2 cm³/mol. The van der Waals surface area contributed by atoms with E-state index in [2.05, 4.69) is 9.62 Å². The van der Waals surface area contributed by atoms with Crippen molar-refractivity contribution in [3.05, 3.63) is 0 Å². The number of hydrogen-bond donors (Lipinski definition) is 1. The van der Waals surface area contributed by atoms with Gasteiger partial charge < -0.3 is 4.74 Å². The van der Waals surface area contributed by atoms with Gasteiger partial charge in [-0.25, -0.2) is 13.1 Å². The predicted octanol–water partition coefficient (Wildman–Crippen LogP) is 1.35. The minimum absolute atomic E-state index is 0.0606. The quantitative estimate of drug-likeness (QED) is 0.771. The van der Waals surface area contributed by atoms with E-state index >= 15 is 0 Å². The fourth-order valence-corrected chi connectivity index (χ4v) is 4.32. The number of rotatable bonds is 7. The van der Waals surface area contributed by atoms with Gasteiger partial charge in [-0.15, -0.1) is 0 Å². The molecule has 0 unspecified atom stereocenters. The molecule has 0 bridgehead atoms. The van der Waals surface area contributed by atoms with Gasteiger partial charge in [-0.2, -0.15) is 0 Å². The molecule has 20 heavy (non-hydrogen) atoms. The number of hydrogen-bond acceptors (Lipinski definition) is 4. The second-order valence-corrected chi connectivity index (χ2v) is 8.15. The van der Waals surface area contributed by atoms with Crippen molar-refractivity contribution >= 4 is 10.0 Å². The lowest BCUT2D eigenvalue weighted by atomic mass is 10.2. The molecule has 0 radical (unpaired) electrons. The Bertz CT molecular complexity index is 391. The number of ether oxygens (including phenoxy) is 1. The summed E-state index contributed by atoms with van der Waals surface area (Å²) >= 11 is 0. The second-order valence-electron chi connectivity index (χ2n) is 6.28. The van der Waals surface area contributed by atoms with Gasteiger partial charge in [0.1, 0.15) is 0 Å². The number of nitrogens with zero attached hydrogens (tertiary/aromatic N) is 1. The van der Waals surface area contributed by atoms with Crippen LogP contribution >= 0.6 is 0 Å². The summed E-state index contributed by atoms with van der Waals surface area (Å²) in [5.41, 5.74) is 0. The highest BCUT2D eigenvalue weighted by atomic mass is 32.2. The molecule has 2 aliphatic rings. The molecule has 1 saturated heterocycles. The molecule has 2 rings (SSSR count). The van der Waals surface area contributed by atoms with E-state index in [1.165, 1.54) is 25.7 Å². The summed E-state index contributed by atoms with van der Waals surface area (Å²) in [5.74, 6) is 0.0606. The molecule has 1 aliphatic carbocycles. The molecule has 1 saturated carbocycles. The Morgan fingerprint density at radius 1 is 1.25 bits per heavy atom. The van der Waals surface area contributed by atoms with E-state index in [-0.39, 0.29) is 24.5 Å². The Morgan fingerprint density at radius 2 is 1.95 bits per heavy atom. The molecule has 0 amide bonds. The van der Waals surface area contributed by atoms with Crippen LogP contribution in [0.3, 0.4) is 0 Å². The lowest BCUT2D eigenvalue weighted by Gasteiger charge is -2.23. The van der Waals surface area contributed by atoms with Crippen LogP contribution in [0.5, 0.6) is 0 Å². The van der Waals surface area contributed by atoms with E-state index in [1.807, 2.05) is 13.8 Å². The van der Waals surface area contributed by atoms with Crippen molar-refractivity contribution in [3.63, 3.8) is 0 Å². The summed E-state index contributed by atoms with van der Waals surface area (Å²) in [6.45, 7) is 5.99. The molecular weight excluding hydrogens is 276 g/mol. The van der Waals surface area contributed by atoms with E-state index in [0.29, 0.717) is 6.04 Å². The van der Waals surface area contributed by atoms with Gasteiger partial charge in [0, 0.05) is 25.2 Å². The zero-order valence-corrected chi connectivity index (χ0v) is 13.5. The largest absolute Gasteiger partial charge is 0.378 e. The SMILES string of the molecule is CC(C)OCCS(=O)(=O)N[C@H]1CCN(C2CCCC2)C1. The zero-order chi connectivity index (χ0) is 14.6. The van der Waals surface area contributed by atoms with E-state index in [4.69, 9.17) is 4.74 Å². The van der Waals surface area contributed by atoms with Crippen molar-refractivity contribution in [2.24, 2.45) is 0 Å². The van der Waals surface area contributed by atoms with Crippen LogP contribution in [-0.2, 0) is 14.8 Å². The van der Waals surface area contributed by atoms with Crippen LogP contribution in [-0.4, -0.2) is 57.0 Å². The normalized spacial score (nSPS) is 25.9. The maximum absolute atomic E-state index is 12.0. The number of sulfonamides is 1. The lowest BCUT2D eigenvalue weighted by molar-refractivity contribution is 0.0911. The van der Waals surface area contributed by atoms with Gasteiger partial charge in [-0.1, -0.05) is 12.8 Å². The molecule has 5 nitrogen and oxygen atoms in total. The summed E-state index contributed by atoms with van der Waals surface area (Å²) in [5, 5.41) is 0. The highest BCUT2D eigenvalue weighted by Crippen LogP contribution is 2.26. The Hall–Kier alpha value is -0.170. The Labute approximate surface area is 123 Å². The lowest BCUT2D eigenvalue weighted by Crippen LogP contribution is -2.40. The van der Waals surface area contributed by atoms with Crippen molar-refractivity contribution in [2.45, 2.75) is 64.1 Å². The van der Waals surface area contributed by atoms with E-state index in [9.17, 15) is 8.42 Å². The van der Waals surface area contributed by atoms with Crippen LogP contribution in [0, 0.1) is 0 Å². The van der Waals surface area contributed by atoms with E-state index in [0.717, 1.165) is 19.5 Å². The minimum atomic E-state index is -3.21. The van der Waals surface area contributed by atoms with Gasteiger partial charge in [0.25, 0.3) is 0 Å². The first kappa shape index (κ1) is 16.2. The van der Waals surface area contributed by atoms with E-state index < -0.39 is 10.0 Å². The standard InChI is InChI=1S/C14H28N2O3S/c1-12(2)19-9-10-20(17,18)15-13-7-8-16(11-13)14-5-3-4-6-14/h12-15H,3-11H2,1-2H3/t13-/m0/s1. The molecule has 1 heterocycles. The zero-order valence-electron chi connectivity index (χ0n) is 12.7. The summed E-state index contributed by atoms with van der Waals surface area (Å²) in [4.78, 5) is 2.46. The highest BCUT2D eigenvalue weighted by Gasteiger charge is 2.31. The maximum Gasteiger partial charge on any atom is 0.214 e. The van der Waals surface area contributed by atoms with Crippen LogP contribution in [0.4, 0.5) is 0 Å². The van der Waals surface area contributed by atoms with Crippen molar-refractivity contribution in [2.75, 3.05) is 25.4 Å². The Kier molecular flexibility index (Phi) is 5.84. The van der Waals surface area contributed by atoms with Gasteiger partial charge in [0.05, 0.1) is 18.5 Å². The molecule has 0 aromatic heterocycles. The molecule has 0 spiro atoms. The van der Waals surface area contributed by atoms with Gasteiger partial charge in [-0.05, 0) is 33.1 Å². The second kappa shape index (κ2) is 7.20. The third kappa shape index (κ3) is 4.98. The van der Waals surface area contributed by atoms with Crippen molar-refractivity contribution < 1.29 is 13.2 Å².